The number of hydrogen-bond donors (Lipinski definition) is 1. The third-order valence-corrected chi connectivity index (χ3v) is 3.08. The van der Waals surface area contributed by atoms with E-state index in [2.05, 4.69) is 18.5 Å². The van der Waals surface area contributed by atoms with E-state index in [4.69, 9.17) is 0 Å². The second-order valence-electron chi connectivity index (χ2n) is 4.14. The number of thioether (sulfide) groups is 1. The van der Waals surface area contributed by atoms with Gasteiger partial charge in [0.05, 0.1) is 4.92 Å². The zero-order valence-electron chi connectivity index (χ0n) is 10.4. The lowest BCUT2D eigenvalue weighted by molar-refractivity contribution is -0.384. The van der Waals surface area contributed by atoms with Crippen LogP contribution in [-0.2, 0) is 0 Å². The van der Waals surface area contributed by atoms with Crippen LogP contribution >= 0.6 is 11.8 Å². The molecule has 0 aromatic heterocycles. The van der Waals surface area contributed by atoms with Gasteiger partial charge in [-0.15, -0.1) is 0 Å². The molecule has 0 amide bonds. The molecule has 94 valence electrons. The fraction of sp³-hybridized carbons (Fsp3) is 0.500. The van der Waals surface area contributed by atoms with Crippen molar-refractivity contribution in [3.63, 3.8) is 0 Å². The van der Waals surface area contributed by atoms with Crippen molar-refractivity contribution in [1.82, 2.24) is 0 Å². The Labute approximate surface area is 106 Å². The van der Waals surface area contributed by atoms with Crippen LogP contribution in [0.3, 0.4) is 0 Å². The fourth-order valence-electron chi connectivity index (χ4n) is 1.60. The Balaban J connectivity index is 2.73. The van der Waals surface area contributed by atoms with Crippen LogP contribution in [-0.4, -0.2) is 23.0 Å². The molecular formula is C12H18N2O2S. The van der Waals surface area contributed by atoms with Crippen molar-refractivity contribution < 1.29 is 4.92 Å². The number of nitrogens with one attached hydrogen (secondary N) is 1. The lowest BCUT2D eigenvalue weighted by Gasteiger charge is -2.14. The summed E-state index contributed by atoms with van der Waals surface area (Å²) in [6.45, 7) is 3.95. The number of nitro groups is 1. The normalized spacial score (nSPS) is 12.2. The molecule has 0 aliphatic carbocycles. The van der Waals surface area contributed by atoms with Gasteiger partial charge in [-0.3, -0.25) is 10.1 Å². The highest BCUT2D eigenvalue weighted by molar-refractivity contribution is 7.98. The highest BCUT2D eigenvalue weighted by Gasteiger charge is 2.09. The van der Waals surface area contributed by atoms with E-state index in [0.717, 1.165) is 23.4 Å². The Hall–Kier alpha value is -1.23. The molecule has 1 unspecified atom stereocenters. The van der Waals surface area contributed by atoms with Gasteiger partial charge in [-0.2, -0.15) is 11.8 Å². The average molecular weight is 254 g/mol. The highest BCUT2D eigenvalue weighted by atomic mass is 32.2. The zero-order valence-corrected chi connectivity index (χ0v) is 11.2. The summed E-state index contributed by atoms with van der Waals surface area (Å²) in [5, 5.41) is 14.0. The van der Waals surface area contributed by atoms with Gasteiger partial charge in [0.2, 0.25) is 0 Å². The number of benzene rings is 1. The standard InChI is InChI=1S/C12H18N2O2S/c1-9-6-11(8-12(7-9)14(15)16)13-10(2)4-5-17-3/h6-8,10,13H,4-5H2,1-3H3. The lowest BCUT2D eigenvalue weighted by atomic mass is 10.1. The van der Waals surface area contributed by atoms with E-state index >= 15 is 0 Å². The van der Waals surface area contributed by atoms with Crippen LogP contribution in [0, 0.1) is 17.0 Å². The number of nitrogens with zero attached hydrogens (tertiary/aromatic N) is 1. The quantitative estimate of drug-likeness (QED) is 0.624. The molecular weight excluding hydrogens is 236 g/mol. The maximum atomic E-state index is 10.7. The number of hydrogen-bond acceptors (Lipinski definition) is 4. The summed E-state index contributed by atoms with van der Waals surface area (Å²) >= 11 is 1.80. The summed E-state index contributed by atoms with van der Waals surface area (Å²) in [5.41, 5.74) is 1.87. The van der Waals surface area contributed by atoms with Crippen LogP contribution in [0.2, 0.25) is 0 Å². The van der Waals surface area contributed by atoms with Gasteiger partial charge >= 0.3 is 0 Å². The molecule has 1 N–H and O–H groups in total. The second-order valence-corrected chi connectivity index (χ2v) is 5.13. The molecule has 0 fully saturated rings. The van der Waals surface area contributed by atoms with Gasteiger partial charge in [0.25, 0.3) is 5.69 Å². The summed E-state index contributed by atoms with van der Waals surface area (Å²) in [5.74, 6) is 1.09. The van der Waals surface area contributed by atoms with Crippen LogP contribution in [0.15, 0.2) is 18.2 Å². The van der Waals surface area contributed by atoms with Crippen molar-refractivity contribution in [2.45, 2.75) is 26.3 Å². The van der Waals surface area contributed by atoms with Gasteiger partial charge in [0, 0.05) is 23.9 Å². The zero-order chi connectivity index (χ0) is 12.8. The number of nitro benzene ring substituents is 1. The van der Waals surface area contributed by atoms with Gasteiger partial charge in [-0.1, -0.05) is 0 Å². The van der Waals surface area contributed by atoms with Crippen LogP contribution in [0.5, 0.6) is 0 Å². The molecule has 1 aromatic carbocycles. The maximum Gasteiger partial charge on any atom is 0.271 e. The fourth-order valence-corrected chi connectivity index (χ4v) is 2.19. The minimum Gasteiger partial charge on any atom is -0.382 e. The van der Waals surface area contributed by atoms with Gasteiger partial charge in [-0.25, -0.2) is 0 Å². The molecule has 5 heteroatoms. The van der Waals surface area contributed by atoms with Gasteiger partial charge in [-0.05, 0) is 43.9 Å². The van der Waals surface area contributed by atoms with E-state index in [1.165, 1.54) is 0 Å². The number of rotatable bonds is 6. The molecule has 0 aliphatic heterocycles. The van der Waals surface area contributed by atoms with E-state index in [9.17, 15) is 10.1 Å². The van der Waals surface area contributed by atoms with Gasteiger partial charge in [0.15, 0.2) is 0 Å². The van der Waals surface area contributed by atoms with Crippen molar-refractivity contribution >= 4 is 23.1 Å². The van der Waals surface area contributed by atoms with E-state index in [0.29, 0.717) is 6.04 Å². The van der Waals surface area contributed by atoms with Crippen molar-refractivity contribution in [3.8, 4) is 0 Å². The van der Waals surface area contributed by atoms with Crippen LogP contribution in [0.1, 0.15) is 18.9 Å². The smallest absolute Gasteiger partial charge is 0.271 e. The predicted octanol–water partition coefficient (Wildman–Crippen LogP) is 3.46. The van der Waals surface area contributed by atoms with Crippen molar-refractivity contribution in [3.05, 3.63) is 33.9 Å². The minimum atomic E-state index is -0.356. The molecule has 0 saturated heterocycles. The van der Waals surface area contributed by atoms with Crippen molar-refractivity contribution in [1.29, 1.82) is 0 Å². The molecule has 0 spiro atoms. The first-order chi connectivity index (χ1) is 8.02. The molecule has 4 nitrogen and oxygen atoms in total. The third-order valence-electron chi connectivity index (χ3n) is 2.44. The topological polar surface area (TPSA) is 55.2 Å². The summed E-state index contributed by atoms with van der Waals surface area (Å²) in [6.07, 6.45) is 3.12. The summed E-state index contributed by atoms with van der Waals surface area (Å²) < 4.78 is 0. The van der Waals surface area contributed by atoms with Gasteiger partial charge < -0.3 is 5.32 Å². The second kappa shape index (κ2) is 6.49. The number of non-ortho nitro benzene ring substituents is 1. The molecule has 1 rings (SSSR count). The molecule has 17 heavy (non-hydrogen) atoms. The number of aryl methyl sites for hydroxylation is 1. The molecule has 1 aromatic rings. The SMILES string of the molecule is CSCCC(C)Nc1cc(C)cc([N+](=O)[O-])c1. The first-order valence-corrected chi connectivity index (χ1v) is 6.94. The first-order valence-electron chi connectivity index (χ1n) is 5.54. The third kappa shape index (κ3) is 4.65. The van der Waals surface area contributed by atoms with E-state index in [1.54, 1.807) is 23.9 Å². The Morgan fingerprint density at radius 3 is 2.76 bits per heavy atom. The molecule has 0 saturated carbocycles. The lowest BCUT2D eigenvalue weighted by Crippen LogP contribution is -2.16. The Kier molecular flexibility index (Phi) is 5.28. The van der Waals surface area contributed by atoms with E-state index < -0.39 is 0 Å². The summed E-state index contributed by atoms with van der Waals surface area (Å²) in [6, 6.07) is 5.42. The van der Waals surface area contributed by atoms with Crippen LogP contribution < -0.4 is 5.32 Å². The van der Waals surface area contributed by atoms with Crippen molar-refractivity contribution in [2.24, 2.45) is 0 Å². The Bertz CT molecular complexity index is 396. The van der Waals surface area contributed by atoms with Crippen LogP contribution in [0.25, 0.3) is 0 Å². The summed E-state index contributed by atoms with van der Waals surface area (Å²) in [7, 11) is 0. The monoisotopic (exact) mass is 254 g/mol. The minimum absolute atomic E-state index is 0.143. The maximum absolute atomic E-state index is 10.7. The van der Waals surface area contributed by atoms with E-state index in [-0.39, 0.29) is 10.6 Å². The van der Waals surface area contributed by atoms with Crippen molar-refractivity contribution in [2.75, 3.05) is 17.3 Å². The highest BCUT2D eigenvalue weighted by Crippen LogP contribution is 2.21. The first kappa shape index (κ1) is 13.8. The Morgan fingerprint density at radius 2 is 2.18 bits per heavy atom. The predicted molar refractivity (Wildman–Crippen MR) is 73.9 cm³/mol. The van der Waals surface area contributed by atoms with E-state index in [1.807, 2.05) is 13.0 Å². The molecule has 1 atom stereocenters. The summed E-state index contributed by atoms with van der Waals surface area (Å²) in [4.78, 5) is 10.4. The number of anilines is 1. The molecule has 0 aliphatic rings. The Morgan fingerprint density at radius 1 is 1.47 bits per heavy atom. The molecule has 0 radical (unpaired) electrons. The van der Waals surface area contributed by atoms with Gasteiger partial charge in [0.1, 0.15) is 0 Å². The molecule has 0 heterocycles. The largest absolute Gasteiger partial charge is 0.382 e. The average Bonchev–Trinajstić information content (AvgIpc) is 2.25. The molecule has 0 bridgehead atoms. The van der Waals surface area contributed by atoms with Crippen LogP contribution in [0.4, 0.5) is 11.4 Å².